The predicted octanol–water partition coefficient (Wildman–Crippen LogP) is 2.63. The number of nitrogens with zero attached hydrogens (tertiary/aromatic N) is 5. The lowest BCUT2D eigenvalue weighted by atomic mass is 9.88. The van der Waals surface area contributed by atoms with Crippen LogP contribution in [0.3, 0.4) is 0 Å². The van der Waals surface area contributed by atoms with Gasteiger partial charge in [0.05, 0.1) is 18.0 Å². The third-order valence-electron chi connectivity index (χ3n) is 8.50. The second-order valence-electron chi connectivity index (χ2n) is 13.0. The zero-order valence-electron chi connectivity index (χ0n) is 25.6. The molecule has 2 aromatic carbocycles. The summed E-state index contributed by atoms with van der Waals surface area (Å²) >= 11 is 0. The number of nitro benzene ring substituents is 1. The number of ether oxygens (including phenoxy) is 1. The highest BCUT2D eigenvalue weighted by atomic mass is 32.2. The first-order valence-electron chi connectivity index (χ1n) is 14.7. The Labute approximate surface area is 257 Å². The van der Waals surface area contributed by atoms with E-state index in [0.717, 1.165) is 30.0 Å². The first-order chi connectivity index (χ1) is 20.6. The van der Waals surface area contributed by atoms with Crippen LogP contribution >= 0.6 is 0 Å². The number of amides is 2. The van der Waals surface area contributed by atoms with Crippen molar-refractivity contribution in [3.63, 3.8) is 0 Å². The molecular weight excluding hydrogens is 588 g/mol. The zero-order valence-corrected chi connectivity index (χ0v) is 26.4. The number of nitrogens with one attached hydrogen (secondary N) is 1. The molecule has 0 aliphatic carbocycles. The van der Waals surface area contributed by atoms with Crippen molar-refractivity contribution < 1.29 is 27.7 Å². The van der Waals surface area contributed by atoms with Crippen LogP contribution in [0.25, 0.3) is 0 Å². The number of sulfonamides is 1. The highest BCUT2D eigenvalue weighted by Gasteiger charge is 2.59. The molecule has 0 bridgehead atoms. The standard InChI is InChI=1S/C30H40N6O7S/c1-28(2,3)43-27(38)34-19-26(37)35-20-29(14-16-33(17-15-29)18-23-10-6-5-7-11-23)31-30(35,22-34)21-32(4)44(41,42)25-13-9-8-12-24(25)36(39)40/h5-13,31H,14-22H2,1-4H3. The molecule has 14 heteroatoms. The van der Waals surface area contributed by atoms with E-state index in [2.05, 4.69) is 22.3 Å². The molecular formula is C30H40N6O7S. The molecule has 3 aliphatic heterocycles. The normalized spacial score (nSPS) is 22.3. The number of fused-ring (bicyclic) bond motifs is 1. The summed E-state index contributed by atoms with van der Waals surface area (Å²) in [5.74, 6) is -0.324. The maximum Gasteiger partial charge on any atom is 0.410 e. The largest absolute Gasteiger partial charge is 0.444 e. The Morgan fingerprint density at radius 1 is 1.07 bits per heavy atom. The molecule has 1 spiro atoms. The van der Waals surface area contributed by atoms with E-state index in [0.29, 0.717) is 19.4 Å². The number of nitro groups is 1. The number of piperazine rings is 1. The van der Waals surface area contributed by atoms with Crippen LogP contribution in [0, 0.1) is 10.1 Å². The number of carbonyl (C=O) groups excluding carboxylic acids is 2. The van der Waals surface area contributed by atoms with Crippen LogP contribution in [0.2, 0.25) is 0 Å². The van der Waals surface area contributed by atoms with Crippen molar-refractivity contribution in [2.75, 3.05) is 46.3 Å². The number of rotatable bonds is 7. The Hall–Kier alpha value is -3.59. The monoisotopic (exact) mass is 628 g/mol. The number of likely N-dealkylation sites (N-methyl/N-ethyl adjacent to an activating group) is 1. The molecule has 1 atom stereocenters. The summed E-state index contributed by atoms with van der Waals surface area (Å²) in [6.45, 7) is 7.44. The average Bonchev–Trinajstić information content (AvgIpc) is 3.28. The number of para-hydroxylation sites is 1. The van der Waals surface area contributed by atoms with Crippen molar-refractivity contribution in [1.82, 2.24) is 24.3 Å². The van der Waals surface area contributed by atoms with E-state index in [1.54, 1.807) is 25.7 Å². The highest BCUT2D eigenvalue weighted by Crippen LogP contribution is 2.39. The summed E-state index contributed by atoms with van der Waals surface area (Å²) in [5, 5.41) is 15.3. The number of benzene rings is 2. The van der Waals surface area contributed by atoms with E-state index in [4.69, 9.17) is 4.74 Å². The molecule has 0 saturated carbocycles. The lowest BCUT2D eigenvalue weighted by Gasteiger charge is -2.47. The maximum atomic E-state index is 13.8. The molecule has 3 heterocycles. The van der Waals surface area contributed by atoms with Crippen molar-refractivity contribution in [3.05, 3.63) is 70.3 Å². The van der Waals surface area contributed by atoms with E-state index in [9.17, 15) is 28.1 Å². The summed E-state index contributed by atoms with van der Waals surface area (Å²) in [6.07, 6.45) is 0.742. The first kappa shape index (κ1) is 31.8. The van der Waals surface area contributed by atoms with E-state index < -0.39 is 48.4 Å². The number of piperidine rings is 1. The van der Waals surface area contributed by atoms with Gasteiger partial charge in [0.2, 0.25) is 15.9 Å². The summed E-state index contributed by atoms with van der Waals surface area (Å²) in [6, 6.07) is 15.4. The van der Waals surface area contributed by atoms with Gasteiger partial charge in [-0.1, -0.05) is 42.5 Å². The van der Waals surface area contributed by atoms with Gasteiger partial charge in [-0.15, -0.1) is 0 Å². The molecule has 3 saturated heterocycles. The van der Waals surface area contributed by atoms with Crippen molar-refractivity contribution >= 4 is 27.7 Å². The molecule has 1 unspecified atom stereocenters. The Bertz CT molecular complexity index is 1520. The van der Waals surface area contributed by atoms with Crippen LogP contribution in [0.1, 0.15) is 39.2 Å². The van der Waals surface area contributed by atoms with Crippen LogP contribution < -0.4 is 5.32 Å². The molecule has 5 rings (SSSR count). The molecule has 2 aromatic rings. The Morgan fingerprint density at radius 3 is 2.34 bits per heavy atom. The molecule has 44 heavy (non-hydrogen) atoms. The predicted molar refractivity (Wildman–Crippen MR) is 162 cm³/mol. The molecule has 0 radical (unpaired) electrons. The van der Waals surface area contributed by atoms with Crippen LogP contribution in [0.5, 0.6) is 0 Å². The molecule has 0 aromatic heterocycles. The molecule has 3 fully saturated rings. The quantitative estimate of drug-likeness (QED) is 0.361. The SMILES string of the molecule is CN(CC12CN(C(=O)OC(C)(C)C)CC(=O)N1CC1(CCN(Cc3ccccc3)CC1)N2)S(=O)(=O)c1ccccc1[N+](=O)[O-]. The fraction of sp³-hybridized carbons (Fsp3) is 0.533. The van der Waals surface area contributed by atoms with Crippen molar-refractivity contribution in [2.45, 2.75) is 61.9 Å². The van der Waals surface area contributed by atoms with Gasteiger partial charge in [0, 0.05) is 44.8 Å². The molecule has 2 amide bonds. The molecule has 3 aliphatic rings. The number of carbonyl (C=O) groups is 2. The maximum absolute atomic E-state index is 13.8. The fourth-order valence-electron chi connectivity index (χ4n) is 6.47. The van der Waals surface area contributed by atoms with Crippen LogP contribution in [0.15, 0.2) is 59.5 Å². The zero-order chi connectivity index (χ0) is 31.9. The van der Waals surface area contributed by atoms with Gasteiger partial charge in [-0.3, -0.25) is 30.0 Å². The third kappa shape index (κ3) is 6.43. The average molecular weight is 629 g/mol. The summed E-state index contributed by atoms with van der Waals surface area (Å²) in [4.78, 5) is 42.7. The minimum atomic E-state index is -4.36. The van der Waals surface area contributed by atoms with Crippen molar-refractivity contribution in [2.24, 2.45) is 0 Å². The van der Waals surface area contributed by atoms with E-state index in [1.165, 1.54) is 35.7 Å². The fourth-order valence-corrected chi connectivity index (χ4v) is 7.85. The number of hydrogen-bond acceptors (Lipinski definition) is 9. The van der Waals surface area contributed by atoms with Gasteiger partial charge in [0.1, 0.15) is 17.8 Å². The topological polar surface area (TPSA) is 146 Å². The van der Waals surface area contributed by atoms with Crippen LogP contribution in [-0.2, 0) is 26.1 Å². The second kappa shape index (κ2) is 11.7. The molecule has 13 nitrogen and oxygen atoms in total. The summed E-state index contributed by atoms with van der Waals surface area (Å²) < 4.78 is 34.1. The Balaban J connectivity index is 1.44. The van der Waals surface area contributed by atoms with Crippen LogP contribution in [0.4, 0.5) is 10.5 Å². The minimum absolute atomic E-state index is 0.0140. The smallest absolute Gasteiger partial charge is 0.410 e. The van der Waals surface area contributed by atoms with Gasteiger partial charge in [0.25, 0.3) is 5.69 Å². The van der Waals surface area contributed by atoms with Gasteiger partial charge in [-0.25, -0.2) is 13.2 Å². The molecule has 238 valence electrons. The van der Waals surface area contributed by atoms with Crippen molar-refractivity contribution in [3.8, 4) is 0 Å². The lowest BCUT2D eigenvalue weighted by Crippen LogP contribution is -2.72. The Kier molecular flexibility index (Phi) is 8.48. The first-order valence-corrected chi connectivity index (χ1v) is 16.1. The summed E-state index contributed by atoms with van der Waals surface area (Å²) in [5.41, 5.74) is -1.91. The molecule has 1 N–H and O–H groups in total. The van der Waals surface area contributed by atoms with Crippen LogP contribution in [-0.4, -0.2) is 107 Å². The van der Waals surface area contributed by atoms with E-state index in [-0.39, 0.29) is 25.5 Å². The van der Waals surface area contributed by atoms with Gasteiger partial charge in [0.15, 0.2) is 4.90 Å². The number of hydrogen-bond donors (Lipinski definition) is 1. The van der Waals surface area contributed by atoms with Gasteiger partial charge in [-0.05, 0) is 45.2 Å². The second-order valence-corrected chi connectivity index (χ2v) is 15.0. The minimum Gasteiger partial charge on any atom is -0.444 e. The number of likely N-dealkylation sites (tertiary alicyclic amines) is 1. The van der Waals surface area contributed by atoms with E-state index >= 15 is 0 Å². The lowest BCUT2D eigenvalue weighted by molar-refractivity contribution is -0.387. The highest BCUT2D eigenvalue weighted by molar-refractivity contribution is 7.89. The third-order valence-corrected chi connectivity index (χ3v) is 10.4. The van der Waals surface area contributed by atoms with E-state index in [1.807, 2.05) is 18.2 Å². The van der Waals surface area contributed by atoms with Crippen molar-refractivity contribution in [1.29, 1.82) is 0 Å². The van der Waals surface area contributed by atoms with Gasteiger partial charge >= 0.3 is 6.09 Å². The Morgan fingerprint density at radius 2 is 1.70 bits per heavy atom. The summed E-state index contributed by atoms with van der Waals surface area (Å²) in [7, 11) is -3.02. The van der Waals surface area contributed by atoms with Gasteiger partial charge < -0.3 is 9.64 Å². The van der Waals surface area contributed by atoms with Gasteiger partial charge in [-0.2, -0.15) is 4.31 Å².